The minimum absolute atomic E-state index is 0.0600. The van der Waals surface area contributed by atoms with Crippen molar-refractivity contribution >= 4 is 5.97 Å². The van der Waals surface area contributed by atoms with Gasteiger partial charge in [-0.05, 0) is 18.4 Å². The Morgan fingerprint density at radius 3 is 2.89 bits per heavy atom. The topological polar surface area (TPSA) is 58.6 Å². The fraction of sp³-hybridized carbons (Fsp3) is 0.533. The lowest BCUT2D eigenvalue weighted by molar-refractivity contribution is -0.140. The molecule has 0 fully saturated rings. The van der Waals surface area contributed by atoms with Gasteiger partial charge in [0.05, 0.1) is 6.61 Å². The summed E-state index contributed by atoms with van der Waals surface area (Å²) in [6.45, 7) is 4.70. The Labute approximate surface area is 113 Å². The summed E-state index contributed by atoms with van der Waals surface area (Å²) in [5.74, 6) is 0.432. The maximum Gasteiger partial charge on any atom is 0.320 e. The van der Waals surface area contributed by atoms with Crippen LogP contribution < -0.4 is 10.1 Å². The second-order valence-corrected chi connectivity index (χ2v) is 5.41. The molecule has 0 bridgehead atoms. The van der Waals surface area contributed by atoms with Crippen molar-refractivity contribution in [3.05, 3.63) is 29.8 Å². The van der Waals surface area contributed by atoms with Gasteiger partial charge in [-0.3, -0.25) is 10.1 Å². The summed E-state index contributed by atoms with van der Waals surface area (Å²) >= 11 is 0. The average molecular weight is 263 g/mol. The molecule has 2 unspecified atom stereocenters. The van der Waals surface area contributed by atoms with Gasteiger partial charge in [0.2, 0.25) is 0 Å². The molecule has 4 nitrogen and oxygen atoms in total. The lowest BCUT2D eigenvalue weighted by Crippen LogP contribution is -2.41. The van der Waals surface area contributed by atoms with E-state index in [0.29, 0.717) is 18.9 Å². The van der Waals surface area contributed by atoms with Crippen molar-refractivity contribution in [3.8, 4) is 5.75 Å². The molecule has 0 radical (unpaired) electrons. The van der Waals surface area contributed by atoms with Gasteiger partial charge in [-0.2, -0.15) is 0 Å². The van der Waals surface area contributed by atoms with Gasteiger partial charge < -0.3 is 9.84 Å². The summed E-state index contributed by atoms with van der Waals surface area (Å²) in [4.78, 5) is 11.3. The predicted molar refractivity (Wildman–Crippen MR) is 73.3 cm³/mol. The largest absolute Gasteiger partial charge is 0.493 e. The predicted octanol–water partition coefficient (Wildman–Crippen LogP) is 2.60. The Hall–Kier alpha value is -1.55. The summed E-state index contributed by atoms with van der Waals surface area (Å²) in [7, 11) is 0. The summed E-state index contributed by atoms with van der Waals surface area (Å²) in [6.07, 6.45) is 1.44. The molecular formula is C15H21NO3. The van der Waals surface area contributed by atoms with Gasteiger partial charge >= 0.3 is 5.97 Å². The first-order valence-corrected chi connectivity index (χ1v) is 6.78. The molecule has 1 aliphatic rings. The van der Waals surface area contributed by atoms with Crippen LogP contribution in [0.15, 0.2) is 24.3 Å². The molecule has 0 saturated heterocycles. The van der Waals surface area contributed by atoms with Crippen LogP contribution >= 0.6 is 0 Å². The lowest BCUT2D eigenvalue weighted by atomic mass is 9.97. The van der Waals surface area contributed by atoms with Gasteiger partial charge in [0.1, 0.15) is 11.8 Å². The maximum absolute atomic E-state index is 11.3. The molecule has 2 N–H and O–H groups in total. The Kier molecular flexibility index (Phi) is 4.43. The molecule has 1 heterocycles. The molecule has 1 aromatic carbocycles. The van der Waals surface area contributed by atoms with Crippen molar-refractivity contribution in [2.45, 2.75) is 38.8 Å². The number of rotatable bonds is 5. The normalized spacial score (nSPS) is 19.6. The number of aliphatic carboxylic acids is 1. The number of nitrogens with one attached hydrogen (secondary N) is 1. The Balaban J connectivity index is 2.12. The van der Waals surface area contributed by atoms with Crippen molar-refractivity contribution < 1.29 is 14.6 Å². The van der Waals surface area contributed by atoms with Crippen LogP contribution in [0.4, 0.5) is 0 Å². The van der Waals surface area contributed by atoms with Crippen LogP contribution in [0.2, 0.25) is 0 Å². The quantitative estimate of drug-likeness (QED) is 0.857. The third kappa shape index (κ3) is 3.47. The first kappa shape index (κ1) is 13.9. The third-order valence-electron chi connectivity index (χ3n) is 3.37. The summed E-state index contributed by atoms with van der Waals surface area (Å²) < 4.78 is 5.59. The van der Waals surface area contributed by atoms with Gasteiger partial charge in [-0.1, -0.05) is 32.0 Å². The van der Waals surface area contributed by atoms with Crippen molar-refractivity contribution in [2.75, 3.05) is 6.61 Å². The van der Waals surface area contributed by atoms with Gasteiger partial charge in [0, 0.05) is 18.0 Å². The van der Waals surface area contributed by atoms with E-state index >= 15 is 0 Å². The number of para-hydroxylation sites is 1. The van der Waals surface area contributed by atoms with Crippen LogP contribution in [-0.2, 0) is 4.79 Å². The molecule has 0 aromatic heterocycles. The molecule has 1 aliphatic heterocycles. The first-order chi connectivity index (χ1) is 9.08. The summed E-state index contributed by atoms with van der Waals surface area (Å²) in [5, 5.41) is 12.6. The van der Waals surface area contributed by atoms with E-state index in [4.69, 9.17) is 4.74 Å². The second-order valence-electron chi connectivity index (χ2n) is 5.41. The summed E-state index contributed by atoms with van der Waals surface area (Å²) in [6, 6.07) is 7.38. The minimum Gasteiger partial charge on any atom is -0.493 e. The highest BCUT2D eigenvalue weighted by molar-refractivity contribution is 5.73. The van der Waals surface area contributed by atoms with E-state index in [1.165, 1.54) is 0 Å². The molecule has 4 heteroatoms. The zero-order valence-electron chi connectivity index (χ0n) is 11.4. The van der Waals surface area contributed by atoms with Gasteiger partial charge in [-0.25, -0.2) is 0 Å². The molecule has 0 saturated carbocycles. The van der Waals surface area contributed by atoms with Crippen LogP contribution in [0, 0.1) is 5.92 Å². The number of carbonyl (C=O) groups is 1. The number of ether oxygens (including phenoxy) is 1. The third-order valence-corrected chi connectivity index (χ3v) is 3.37. The van der Waals surface area contributed by atoms with Crippen molar-refractivity contribution in [3.63, 3.8) is 0 Å². The molecule has 104 valence electrons. The molecular weight excluding hydrogens is 242 g/mol. The summed E-state index contributed by atoms with van der Waals surface area (Å²) in [5.41, 5.74) is 1.06. The Morgan fingerprint density at radius 2 is 2.21 bits per heavy atom. The highest BCUT2D eigenvalue weighted by atomic mass is 16.5. The van der Waals surface area contributed by atoms with Gasteiger partial charge in [-0.15, -0.1) is 0 Å². The number of hydrogen-bond acceptors (Lipinski definition) is 3. The maximum atomic E-state index is 11.3. The molecule has 0 spiro atoms. The molecule has 19 heavy (non-hydrogen) atoms. The van der Waals surface area contributed by atoms with E-state index in [1.54, 1.807) is 0 Å². The van der Waals surface area contributed by atoms with Gasteiger partial charge in [0.15, 0.2) is 0 Å². The highest BCUT2D eigenvalue weighted by Crippen LogP contribution is 2.32. The number of hydrogen-bond donors (Lipinski definition) is 2. The fourth-order valence-electron chi connectivity index (χ4n) is 2.47. The highest BCUT2D eigenvalue weighted by Gasteiger charge is 2.27. The zero-order valence-corrected chi connectivity index (χ0v) is 11.4. The van der Waals surface area contributed by atoms with E-state index in [0.717, 1.165) is 17.7 Å². The fourth-order valence-corrected chi connectivity index (χ4v) is 2.47. The van der Waals surface area contributed by atoms with E-state index in [-0.39, 0.29) is 6.04 Å². The van der Waals surface area contributed by atoms with Crippen molar-refractivity contribution in [2.24, 2.45) is 5.92 Å². The SMILES string of the molecule is CC(C)CC(NC1CCOc2ccccc21)C(=O)O. The first-order valence-electron chi connectivity index (χ1n) is 6.78. The monoisotopic (exact) mass is 263 g/mol. The Bertz CT molecular complexity index is 445. The molecule has 0 aliphatic carbocycles. The number of carboxylic acids is 1. The standard InChI is InChI=1S/C15H21NO3/c1-10(2)9-13(15(17)18)16-12-7-8-19-14-6-4-3-5-11(12)14/h3-6,10,12-13,16H,7-9H2,1-2H3,(H,17,18). The van der Waals surface area contributed by atoms with Crippen molar-refractivity contribution in [1.29, 1.82) is 0 Å². The van der Waals surface area contributed by atoms with Crippen LogP contribution in [0.5, 0.6) is 5.75 Å². The number of fused-ring (bicyclic) bond motifs is 1. The Morgan fingerprint density at radius 1 is 1.47 bits per heavy atom. The van der Waals surface area contributed by atoms with Crippen LogP contribution in [0.3, 0.4) is 0 Å². The number of benzene rings is 1. The van der Waals surface area contributed by atoms with Crippen LogP contribution in [0.25, 0.3) is 0 Å². The smallest absolute Gasteiger partial charge is 0.320 e. The van der Waals surface area contributed by atoms with E-state index in [2.05, 4.69) is 5.32 Å². The van der Waals surface area contributed by atoms with E-state index < -0.39 is 12.0 Å². The van der Waals surface area contributed by atoms with Crippen LogP contribution in [-0.4, -0.2) is 23.7 Å². The van der Waals surface area contributed by atoms with Crippen LogP contribution in [0.1, 0.15) is 38.3 Å². The number of carboxylic acid groups (broad SMARTS) is 1. The van der Waals surface area contributed by atoms with E-state index in [9.17, 15) is 9.90 Å². The zero-order chi connectivity index (χ0) is 13.8. The second kappa shape index (κ2) is 6.06. The molecule has 1 aromatic rings. The van der Waals surface area contributed by atoms with Crippen molar-refractivity contribution in [1.82, 2.24) is 5.32 Å². The molecule has 0 amide bonds. The molecule has 2 rings (SSSR count). The van der Waals surface area contributed by atoms with Gasteiger partial charge in [0.25, 0.3) is 0 Å². The minimum atomic E-state index is -0.780. The molecule has 2 atom stereocenters. The average Bonchev–Trinajstić information content (AvgIpc) is 2.37. The van der Waals surface area contributed by atoms with E-state index in [1.807, 2.05) is 38.1 Å². The lowest BCUT2D eigenvalue weighted by Gasteiger charge is -2.29.